The van der Waals surface area contributed by atoms with Gasteiger partial charge in [-0.15, -0.1) is 0 Å². The minimum atomic E-state index is -0.418. The number of cyclic esters (lactones) is 1. The molecule has 1 fully saturated rings. The molecular weight excluding hydrogens is 404 g/mol. The van der Waals surface area contributed by atoms with E-state index in [9.17, 15) is 4.79 Å². The zero-order chi connectivity index (χ0) is 21.5. The average Bonchev–Trinajstić information content (AvgIpc) is 3.43. The number of H-pyrrole nitrogens is 1. The Morgan fingerprint density at radius 2 is 1.81 bits per heavy atom. The predicted molar refractivity (Wildman–Crippen MR) is 122 cm³/mol. The Morgan fingerprint density at radius 1 is 0.969 bits per heavy atom. The maximum absolute atomic E-state index is 12.5. The molecule has 0 amide bonds. The number of rotatable bonds is 3. The highest BCUT2D eigenvalue weighted by Crippen LogP contribution is 2.24. The molecule has 6 rings (SSSR count). The van der Waals surface area contributed by atoms with Crippen molar-refractivity contribution in [1.82, 2.24) is 19.9 Å². The number of imidazole rings is 1. The molecule has 1 N–H and O–H groups in total. The molecule has 1 saturated heterocycles. The molecule has 2 aliphatic rings. The lowest BCUT2D eigenvalue weighted by atomic mass is 10.0. The van der Waals surface area contributed by atoms with Crippen molar-refractivity contribution in [3.63, 3.8) is 0 Å². The molecule has 158 valence electrons. The first kappa shape index (κ1) is 18.6. The van der Waals surface area contributed by atoms with E-state index in [2.05, 4.69) is 29.7 Å². The van der Waals surface area contributed by atoms with Crippen molar-refractivity contribution in [2.24, 2.45) is 4.99 Å². The molecular formula is C24H20N6O2. The fourth-order valence-corrected chi connectivity index (χ4v) is 4.14. The number of piperazine rings is 1. The molecule has 0 aliphatic carbocycles. The lowest BCUT2D eigenvalue weighted by Gasteiger charge is -2.33. The van der Waals surface area contributed by atoms with Crippen LogP contribution < -0.4 is 4.90 Å². The standard InChI is InChI=1S/C24H20N6O2/c31-23-20(26-22(32-23)18-8-3-6-16-5-1-2-7-17(16)18)15-29-11-13-30(14-12-29)24-27-19-9-4-10-25-21(19)28-24/h1-10,15H,11-14H2,(H,25,27,28). The summed E-state index contributed by atoms with van der Waals surface area (Å²) in [6, 6.07) is 17.8. The topological polar surface area (TPSA) is 86.7 Å². The molecule has 0 unspecified atom stereocenters. The summed E-state index contributed by atoms with van der Waals surface area (Å²) in [5.74, 6) is 0.757. The number of carbonyl (C=O) groups excluding carboxylic acids is 1. The Kier molecular flexibility index (Phi) is 4.34. The number of aromatic amines is 1. The van der Waals surface area contributed by atoms with Crippen molar-refractivity contribution in [2.45, 2.75) is 0 Å². The fraction of sp³-hybridized carbons (Fsp3) is 0.167. The quantitative estimate of drug-likeness (QED) is 0.402. The van der Waals surface area contributed by atoms with Crippen molar-refractivity contribution in [3.05, 3.63) is 78.3 Å². The highest BCUT2D eigenvalue weighted by molar-refractivity contribution is 6.16. The van der Waals surface area contributed by atoms with Gasteiger partial charge >= 0.3 is 5.97 Å². The van der Waals surface area contributed by atoms with Gasteiger partial charge in [-0.05, 0) is 29.0 Å². The second-order valence-electron chi connectivity index (χ2n) is 7.81. The zero-order valence-electron chi connectivity index (χ0n) is 17.2. The van der Waals surface area contributed by atoms with Gasteiger partial charge in [0.15, 0.2) is 11.3 Å². The fourth-order valence-electron chi connectivity index (χ4n) is 4.14. The molecule has 4 aromatic rings. The van der Waals surface area contributed by atoms with Crippen LogP contribution in [-0.2, 0) is 9.53 Å². The van der Waals surface area contributed by atoms with E-state index in [-0.39, 0.29) is 0 Å². The molecule has 8 heteroatoms. The van der Waals surface area contributed by atoms with E-state index in [1.807, 2.05) is 54.6 Å². The number of pyridine rings is 1. The maximum Gasteiger partial charge on any atom is 0.365 e. The summed E-state index contributed by atoms with van der Waals surface area (Å²) in [7, 11) is 0. The van der Waals surface area contributed by atoms with Gasteiger partial charge < -0.3 is 19.5 Å². The van der Waals surface area contributed by atoms with E-state index < -0.39 is 5.97 Å². The van der Waals surface area contributed by atoms with Crippen molar-refractivity contribution in [1.29, 1.82) is 0 Å². The third-order valence-corrected chi connectivity index (χ3v) is 5.80. The van der Waals surface area contributed by atoms with Crippen LogP contribution in [0.25, 0.3) is 21.9 Å². The summed E-state index contributed by atoms with van der Waals surface area (Å²) in [6.07, 6.45) is 3.54. The van der Waals surface area contributed by atoms with Crippen LogP contribution in [0.5, 0.6) is 0 Å². The Hall–Kier alpha value is -4.20. The number of ether oxygens (including phenoxy) is 1. The SMILES string of the molecule is O=C1OC(c2cccc3ccccc23)=NC1=CN1CCN(c2nc3ncccc3[nH]2)CC1. The highest BCUT2D eigenvalue weighted by atomic mass is 16.6. The molecule has 2 aromatic heterocycles. The highest BCUT2D eigenvalue weighted by Gasteiger charge is 2.27. The molecule has 2 aromatic carbocycles. The molecule has 0 radical (unpaired) electrons. The number of aliphatic imine (C=N–C) groups is 1. The molecule has 0 saturated carbocycles. The summed E-state index contributed by atoms with van der Waals surface area (Å²) in [5.41, 5.74) is 2.80. The first-order chi connectivity index (χ1) is 15.7. The van der Waals surface area contributed by atoms with E-state index in [4.69, 9.17) is 4.74 Å². The summed E-state index contributed by atoms with van der Waals surface area (Å²) in [4.78, 5) is 33.5. The number of carbonyl (C=O) groups is 1. The van der Waals surface area contributed by atoms with Gasteiger partial charge in [0, 0.05) is 44.1 Å². The second-order valence-corrected chi connectivity index (χ2v) is 7.81. The van der Waals surface area contributed by atoms with Gasteiger partial charge in [0.2, 0.25) is 11.8 Å². The van der Waals surface area contributed by atoms with Crippen molar-refractivity contribution in [2.75, 3.05) is 31.1 Å². The van der Waals surface area contributed by atoms with Crippen LogP contribution in [0.3, 0.4) is 0 Å². The predicted octanol–water partition coefficient (Wildman–Crippen LogP) is 3.08. The minimum Gasteiger partial charge on any atom is -0.402 e. The molecule has 8 nitrogen and oxygen atoms in total. The van der Waals surface area contributed by atoms with E-state index in [1.165, 1.54) is 0 Å². The molecule has 4 heterocycles. The van der Waals surface area contributed by atoms with E-state index >= 15 is 0 Å². The van der Waals surface area contributed by atoms with Gasteiger partial charge in [0.1, 0.15) is 0 Å². The number of nitrogens with one attached hydrogen (secondary N) is 1. The summed E-state index contributed by atoms with van der Waals surface area (Å²) < 4.78 is 5.52. The van der Waals surface area contributed by atoms with Gasteiger partial charge in [0.05, 0.1) is 5.52 Å². The van der Waals surface area contributed by atoms with Crippen LogP contribution in [0, 0.1) is 0 Å². The van der Waals surface area contributed by atoms with E-state index in [0.717, 1.165) is 59.6 Å². The normalized spacial score (nSPS) is 17.9. The third-order valence-electron chi connectivity index (χ3n) is 5.80. The minimum absolute atomic E-state index is 0.328. The maximum atomic E-state index is 12.5. The van der Waals surface area contributed by atoms with Crippen molar-refractivity contribution in [3.8, 4) is 0 Å². The molecule has 0 bridgehead atoms. The monoisotopic (exact) mass is 424 g/mol. The Bertz CT molecular complexity index is 1360. The Morgan fingerprint density at radius 3 is 2.69 bits per heavy atom. The van der Waals surface area contributed by atoms with Gasteiger partial charge in [-0.1, -0.05) is 36.4 Å². The number of hydrogen-bond acceptors (Lipinski definition) is 7. The van der Waals surface area contributed by atoms with Gasteiger partial charge in [-0.3, -0.25) is 0 Å². The van der Waals surface area contributed by atoms with Crippen LogP contribution in [-0.4, -0.2) is 57.9 Å². The van der Waals surface area contributed by atoms with Crippen molar-refractivity contribution < 1.29 is 9.53 Å². The number of nitrogens with zero attached hydrogens (tertiary/aromatic N) is 5. The first-order valence-electron chi connectivity index (χ1n) is 10.6. The van der Waals surface area contributed by atoms with E-state index in [0.29, 0.717) is 11.6 Å². The molecule has 0 spiro atoms. The Balaban J connectivity index is 1.20. The number of benzene rings is 2. The van der Waals surface area contributed by atoms with Crippen LogP contribution >= 0.6 is 0 Å². The average molecular weight is 424 g/mol. The lowest BCUT2D eigenvalue weighted by Crippen LogP contribution is -2.44. The van der Waals surface area contributed by atoms with Crippen molar-refractivity contribution >= 4 is 39.8 Å². The number of anilines is 1. The number of esters is 1. The zero-order valence-corrected chi connectivity index (χ0v) is 17.2. The largest absolute Gasteiger partial charge is 0.402 e. The summed E-state index contributed by atoms with van der Waals surface area (Å²) in [5, 5.41) is 2.09. The molecule has 2 aliphatic heterocycles. The Labute approximate surface area is 183 Å². The van der Waals surface area contributed by atoms with Crippen LogP contribution in [0.1, 0.15) is 5.56 Å². The van der Waals surface area contributed by atoms with Gasteiger partial charge in [-0.2, -0.15) is 4.98 Å². The van der Waals surface area contributed by atoms with Crippen LogP contribution in [0.2, 0.25) is 0 Å². The molecule has 0 atom stereocenters. The smallest absolute Gasteiger partial charge is 0.365 e. The van der Waals surface area contributed by atoms with Crippen LogP contribution in [0.4, 0.5) is 5.95 Å². The van der Waals surface area contributed by atoms with Crippen LogP contribution in [0.15, 0.2) is 77.7 Å². The van der Waals surface area contributed by atoms with Gasteiger partial charge in [0.25, 0.3) is 0 Å². The second kappa shape index (κ2) is 7.49. The lowest BCUT2D eigenvalue weighted by molar-refractivity contribution is -0.130. The summed E-state index contributed by atoms with van der Waals surface area (Å²) in [6.45, 7) is 3.05. The number of aromatic nitrogens is 3. The number of hydrogen-bond donors (Lipinski definition) is 1. The van der Waals surface area contributed by atoms with E-state index in [1.54, 1.807) is 12.4 Å². The van der Waals surface area contributed by atoms with Gasteiger partial charge in [-0.25, -0.2) is 14.8 Å². The molecule has 32 heavy (non-hydrogen) atoms. The first-order valence-corrected chi connectivity index (χ1v) is 10.6. The summed E-state index contributed by atoms with van der Waals surface area (Å²) >= 11 is 0. The number of fused-ring (bicyclic) bond motifs is 2. The third kappa shape index (κ3) is 3.26.